The maximum atomic E-state index is 11.5. The molecule has 0 saturated carbocycles. The molecular weight excluding hydrogens is 198 g/mol. The number of amides is 4. The lowest BCUT2D eigenvalue weighted by Gasteiger charge is -2.33. The second-order valence-corrected chi connectivity index (χ2v) is 3.66. The highest BCUT2D eigenvalue weighted by Crippen LogP contribution is 2.05. The zero-order valence-corrected chi connectivity index (χ0v) is 9.19. The molecule has 4 amide bonds. The molecular formula is C9H15N3O3. The van der Waals surface area contributed by atoms with E-state index >= 15 is 0 Å². The summed E-state index contributed by atoms with van der Waals surface area (Å²) >= 11 is 0. The number of urea groups is 1. The fourth-order valence-corrected chi connectivity index (χ4v) is 1.39. The van der Waals surface area contributed by atoms with Crippen molar-refractivity contribution in [2.75, 3.05) is 33.7 Å². The summed E-state index contributed by atoms with van der Waals surface area (Å²) in [5.41, 5.74) is 0. The van der Waals surface area contributed by atoms with E-state index in [0.29, 0.717) is 6.54 Å². The Bertz CT molecular complexity index is 301. The molecule has 1 rings (SSSR count). The highest BCUT2D eigenvalue weighted by atomic mass is 16.2. The third kappa shape index (κ3) is 2.45. The molecule has 0 aromatic carbocycles. The van der Waals surface area contributed by atoms with Crippen LogP contribution in [0, 0.1) is 0 Å². The Morgan fingerprint density at radius 2 is 1.87 bits per heavy atom. The third-order valence-corrected chi connectivity index (χ3v) is 2.28. The summed E-state index contributed by atoms with van der Waals surface area (Å²) in [6.07, 6.45) is 0. The predicted molar refractivity (Wildman–Crippen MR) is 53.1 cm³/mol. The number of piperazine rings is 1. The molecule has 6 heteroatoms. The van der Waals surface area contributed by atoms with Gasteiger partial charge in [-0.2, -0.15) is 0 Å². The van der Waals surface area contributed by atoms with Crippen molar-refractivity contribution < 1.29 is 14.4 Å². The lowest BCUT2D eigenvalue weighted by molar-refractivity contribution is -0.142. The van der Waals surface area contributed by atoms with Crippen LogP contribution < -0.4 is 0 Å². The van der Waals surface area contributed by atoms with Gasteiger partial charge in [-0.25, -0.2) is 4.79 Å². The smallest absolute Gasteiger partial charge is 0.326 e. The monoisotopic (exact) mass is 213 g/mol. The van der Waals surface area contributed by atoms with Crippen LogP contribution in [0.5, 0.6) is 0 Å². The van der Waals surface area contributed by atoms with Crippen molar-refractivity contribution in [2.24, 2.45) is 0 Å². The lowest BCUT2D eigenvalue weighted by Crippen LogP contribution is -2.55. The molecule has 0 radical (unpaired) electrons. The maximum absolute atomic E-state index is 11.5. The second kappa shape index (κ2) is 4.29. The SMILES string of the molecule is CC(=O)N1CCN(C(=O)N(C)C)C(=O)C1. The molecule has 0 aromatic rings. The average molecular weight is 213 g/mol. The van der Waals surface area contributed by atoms with E-state index in [-0.39, 0.29) is 30.9 Å². The normalized spacial score (nSPS) is 16.6. The molecule has 6 nitrogen and oxygen atoms in total. The Hall–Kier alpha value is -1.59. The zero-order chi connectivity index (χ0) is 11.6. The Kier molecular flexibility index (Phi) is 3.28. The fourth-order valence-electron chi connectivity index (χ4n) is 1.39. The van der Waals surface area contributed by atoms with Gasteiger partial charge in [0.05, 0.1) is 0 Å². The van der Waals surface area contributed by atoms with Crippen molar-refractivity contribution in [1.29, 1.82) is 0 Å². The van der Waals surface area contributed by atoms with E-state index in [9.17, 15) is 14.4 Å². The molecule has 0 aliphatic carbocycles. The van der Waals surface area contributed by atoms with Gasteiger partial charge in [0.2, 0.25) is 11.8 Å². The minimum Gasteiger partial charge on any atom is -0.332 e. The molecule has 0 atom stereocenters. The summed E-state index contributed by atoms with van der Waals surface area (Å²) in [7, 11) is 3.18. The van der Waals surface area contributed by atoms with Gasteiger partial charge in [-0.1, -0.05) is 0 Å². The Labute approximate surface area is 88.4 Å². The van der Waals surface area contributed by atoms with Gasteiger partial charge >= 0.3 is 6.03 Å². The van der Waals surface area contributed by atoms with E-state index in [1.54, 1.807) is 14.1 Å². The molecule has 0 unspecified atom stereocenters. The van der Waals surface area contributed by atoms with Crippen molar-refractivity contribution in [3.8, 4) is 0 Å². The standard InChI is InChI=1S/C9H15N3O3/c1-7(13)11-4-5-12(8(14)6-11)9(15)10(2)3/h4-6H2,1-3H3. The van der Waals surface area contributed by atoms with Gasteiger partial charge in [0.25, 0.3) is 0 Å². The lowest BCUT2D eigenvalue weighted by atomic mass is 10.3. The Balaban J connectivity index is 2.64. The number of hydrogen-bond donors (Lipinski definition) is 0. The summed E-state index contributed by atoms with van der Waals surface area (Å²) < 4.78 is 0. The van der Waals surface area contributed by atoms with E-state index in [1.807, 2.05) is 0 Å². The highest BCUT2D eigenvalue weighted by molar-refractivity contribution is 5.97. The number of rotatable bonds is 0. The van der Waals surface area contributed by atoms with Gasteiger partial charge in [0, 0.05) is 34.1 Å². The molecule has 1 fully saturated rings. The van der Waals surface area contributed by atoms with Gasteiger partial charge in [0.1, 0.15) is 6.54 Å². The quantitative estimate of drug-likeness (QED) is 0.537. The van der Waals surface area contributed by atoms with Crippen LogP contribution in [0.2, 0.25) is 0 Å². The van der Waals surface area contributed by atoms with E-state index in [0.717, 1.165) is 0 Å². The second-order valence-electron chi connectivity index (χ2n) is 3.66. The van der Waals surface area contributed by atoms with Crippen LogP contribution in [0.4, 0.5) is 4.79 Å². The number of imide groups is 1. The fraction of sp³-hybridized carbons (Fsp3) is 0.667. The van der Waals surface area contributed by atoms with Crippen LogP contribution >= 0.6 is 0 Å². The van der Waals surface area contributed by atoms with Gasteiger partial charge in [0.15, 0.2) is 0 Å². The van der Waals surface area contributed by atoms with Gasteiger partial charge < -0.3 is 9.80 Å². The average Bonchev–Trinajstić information content (AvgIpc) is 2.16. The summed E-state index contributed by atoms with van der Waals surface area (Å²) in [6, 6.07) is -0.330. The van der Waals surface area contributed by atoms with Crippen molar-refractivity contribution >= 4 is 17.8 Å². The van der Waals surface area contributed by atoms with Crippen molar-refractivity contribution in [3.63, 3.8) is 0 Å². The largest absolute Gasteiger partial charge is 0.332 e. The molecule has 0 N–H and O–H groups in total. The number of carbonyl (C=O) groups excluding carboxylic acids is 3. The molecule has 84 valence electrons. The molecule has 1 aliphatic rings. The van der Waals surface area contributed by atoms with Gasteiger partial charge in [-0.3, -0.25) is 14.5 Å². The van der Waals surface area contributed by atoms with Crippen LogP contribution in [-0.2, 0) is 9.59 Å². The summed E-state index contributed by atoms with van der Waals surface area (Å²) in [6.45, 7) is 2.10. The van der Waals surface area contributed by atoms with Crippen molar-refractivity contribution in [1.82, 2.24) is 14.7 Å². The number of nitrogens with zero attached hydrogens (tertiary/aromatic N) is 3. The van der Waals surface area contributed by atoms with Gasteiger partial charge in [-0.05, 0) is 0 Å². The predicted octanol–water partition coefficient (Wildman–Crippen LogP) is -0.641. The Morgan fingerprint density at radius 3 is 2.27 bits per heavy atom. The molecule has 1 saturated heterocycles. The summed E-state index contributed by atoms with van der Waals surface area (Å²) in [4.78, 5) is 38.0. The first kappa shape index (κ1) is 11.5. The minimum absolute atomic E-state index is 0.00505. The number of hydrogen-bond acceptors (Lipinski definition) is 3. The van der Waals surface area contributed by atoms with E-state index in [1.165, 1.54) is 21.6 Å². The first-order valence-electron chi connectivity index (χ1n) is 4.70. The first-order valence-corrected chi connectivity index (χ1v) is 4.70. The highest BCUT2D eigenvalue weighted by Gasteiger charge is 2.30. The number of carbonyl (C=O) groups is 3. The molecule has 0 aromatic heterocycles. The third-order valence-electron chi connectivity index (χ3n) is 2.28. The van der Waals surface area contributed by atoms with Crippen LogP contribution in [0.15, 0.2) is 0 Å². The van der Waals surface area contributed by atoms with Crippen LogP contribution in [0.3, 0.4) is 0 Å². The van der Waals surface area contributed by atoms with Gasteiger partial charge in [-0.15, -0.1) is 0 Å². The molecule has 1 aliphatic heterocycles. The van der Waals surface area contributed by atoms with Crippen molar-refractivity contribution in [3.05, 3.63) is 0 Å². The minimum atomic E-state index is -0.330. The first-order chi connectivity index (χ1) is 6.93. The maximum Gasteiger partial charge on any atom is 0.326 e. The molecule has 15 heavy (non-hydrogen) atoms. The van der Waals surface area contributed by atoms with E-state index < -0.39 is 0 Å². The summed E-state index contributed by atoms with van der Waals surface area (Å²) in [5, 5.41) is 0. The van der Waals surface area contributed by atoms with E-state index in [2.05, 4.69) is 0 Å². The molecule has 1 heterocycles. The zero-order valence-electron chi connectivity index (χ0n) is 9.19. The van der Waals surface area contributed by atoms with Crippen molar-refractivity contribution in [2.45, 2.75) is 6.92 Å². The molecule has 0 spiro atoms. The Morgan fingerprint density at radius 1 is 1.27 bits per heavy atom. The van der Waals surface area contributed by atoms with Crippen LogP contribution in [0.25, 0.3) is 0 Å². The van der Waals surface area contributed by atoms with Crippen LogP contribution in [0.1, 0.15) is 6.92 Å². The topological polar surface area (TPSA) is 60.9 Å². The van der Waals surface area contributed by atoms with E-state index in [4.69, 9.17) is 0 Å². The summed E-state index contributed by atoms with van der Waals surface area (Å²) in [5.74, 6) is -0.463. The molecule has 0 bridgehead atoms. The van der Waals surface area contributed by atoms with Crippen LogP contribution in [-0.4, -0.2) is 66.3 Å².